The number of aromatic nitrogens is 1. The average Bonchev–Trinajstić information content (AvgIpc) is 2.93. The van der Waals surface area contributed by atoms with Gasteiger partial charge in [0.05, 0.1) is 22.6 Å². The summed E-state index contributed by atoms with van der Waals surface area (Å²) >= 11 is 0. The molecule has 0 unspecified atom stereocenters. The van der Waals surface area contributed by atoms with Gasteiger partial charge in [-0.3, -0.25) is 0 Å². The fourth-order valence-electron chi connectivity index (χ4n) is 3.18. The summed E-state index contributed by atoms with van der Waals surface area (Å²) in [6.07, 6.45) is 1.89. The SMILES string of the molecule is Cc1cc2oc3ccc(C#N)cc3c2c(F)c1-c1cccc[n+]1C. The first-order valence-corrected chi connectivity index (χ1v) is 7.60. The lowest BCUT2D eigenvalue weighted by molar-refractivity contribution is -0.660. The molecule has 0 radical (unpaired) electrons. The molecule has 3 nitrogen and oxygen atoms in total. The summed E-state index contributed by atoms with van der Waals surface area (Å²) < 4.78 is 23.1. The molecule has 0 fully saturated rings. The number of aryl methyl sites for hydroxylation is 2. The van der Waals surface area contributed by atoms with Crippen molar-refractivity contribution in [3.63, 3.8) is 0 Å². The van der Waals surface area contributed by atoms with Gasteiger partial charge in [-0.2, -0.15) is 5.26 Å². The van der Waals surface area contributed by atoms with Crippen molar-refractivity contribution in [3.8, 4) is 17.3 Å². The van der Waals surface area contributed by atoms with Gasteiger partial charge in [0.1, 0.15) is 24.0 Å². The van der Waals surface area contributed by atoms with Gasteiger partial charge >= 0.3 is 0 Å². The van der Waals surface area contributed by atoms with Crippen LogP contribution in [0.5, 0.6) is 0 Å². The first kappa shape index (κ1) is 14.4. The van der Waals surface area contributed by atoms with E-state index in [1.165, 1.54) is 0 Å². The van der Waals surface area contributed by atoms with Crippen LogP contribution < -0.4 is 4.57 Å². The van der Waals surface area contributed by atoms with E-state index in [-0.39, 0.29) is 5.82 Å². The van der Waals surface area contributed by atoms with Crippen LogP contribution in [0.15, 0.2) is 53.1 Å². The van der Waals surface area contributed by atoms with E-state index in [1.807, 2.05) is 49.0 Å². The van der Waals surface area contributed by atoms with Gasteiger partial charge in [-0.05, 0) is 42.8 Å². The normalized spacial score (nSPS) is 11.1. The van der Waals surface area contributed by atoms with Gasteiger partial charge in [0.25, 0.3) is 0 Å². The van der Waals surface area contributed by atoms with Crippen LogP contribution >= 0.6 is 0 Å². The van der Waals surface area contributed by atoms with Crippen LogP contribution in [0.4, 0.5) is 4.39 Å². The third-order valence-corrected chi connectivity index (χ3v) is 4.34. The number of nitrogens with zero attached hydrogens (tertiary/aromatic N) is 2. The highest BCUT2D eigenvalue weighted by Crippen LogP contribution is 2.37. The maximum Gasteiger partial charge on any atom is 0.215 e. The van der Waals surface area contributed by atoms with Crippen molar-refractivity contribution in [3.05, 3.63) is 65.6 Å². The van der Waals surface area contributed by atoms with E-state index in [4.69, 9.17) is 9.68 Å². The van der Waals surface area contributed by atoms with Gasteiger partial charge in [-0.25, -0.2) is 8.96 Å². The highest BCUT2D eigenvalue weighted by Gasteiger charge is 2.23. The molecule has 0 atom stereocenters. The Kier molecular flexibility index (Phi) is 3.10. The molecule has 0 bridgehead atoms. The molecule has 24 heavy (non-hydrogen) atoms. The minimum Gasteiger partial charge on any atom is -0.456 e. The van der Waals surface area contributed by atoms with Crippen molar-refractivity contribution in [2.45, 2.75) is 6.92 Å². The Hall–Kier alpha value is -3.19. The van der Waals surface area contributed by atoms with Crippen molar-refractivity contribution in [1.82, 2.24) is 0 Å². The maximum absolute atomic E-state index is 15.4. The molecule has 0 saturated carbocycles. The number of rotatable bonds is 1. The molecule has 0 aliphatic rings. The Morgan fingerprint density at radius 3 is 2.71 bits per heavy atom. The zero-order valence-corrected chi connectivity index (χ0v) is 13.3. The molecule has 116 valence electrons. The predicted octanol–water partition coefficient (Wildman–Crippen LogP) is 4.40. The monoisotopic (exact) mass is 317 g/mol. The molecule has 0 N–H and O–H groups in total. The predicted molar refractivity (Wildman–Crippen MR) is 89.7 cm³/mol. The Morgan fingerprint density at radius 2 is 1.96 bits per heavy atom. The van der Waals surface area contributed by atoms with Crippen LogP contribution in [0.2, 0.25) is 0 Å². The van der Waals surface area contributed by atoms with E-state index in [0.29, 0.717) is 33.1 Å². The lowest BCUT2D eigenvalue weighted by Crippen LogP contribution is -2.30. The highest BCUT2D eigenvalue weighted by molar-refractivity contribution is 6.07. The fraction of sp³-hybridized carbons (Fsp3) is 0.100. The van der Waals surface area contributed by atoms with Crippen LogP contribution in [0.3, 0.4) is 0 Å². The smallest absolute Gasteiger partial charge is 0.215 e. The fourth-order valence-corrected chi connectivity index (χ4v) is 3.18. The molecule has 0 saturated heterocycles. The Bertz CT molecular complexity index is 1150. The Morgan fingerprint density at radius 1 is 1.12 bits per heavy atom. The molecular formula is C20H14FN2O+. The summed E-state index contributed by atoms with van der Waals surface area (Å²) in [6, 6.07) is 14.7. The summed E-state index contributed by atoms with van der Waals surface area (Å²) in [5, 5.41) is 10.2. The molecule has 4 heteroatoms. The molecular weight excluding hydrogens is 303 g/mol. The molecule has 4 rings (SSSR count). The zero-order valence-electron chi connectivity index (χ0n) is 13.3. The first-order valence-electron chi connectivity index (χ1n) is 7.60. The molecule has 0 aliphatic heterocycles. The summed E-state index contributed by atoms with van der Waals surface area (Å²) in [4.78, 5) is 0. The topological polar surface area (TPSA) is 40.8 Å². The number of fused-ring (bicyclic) bond motifs is 3. The van der Waals surface area contributed by atoms with E-state index >= 15 is 4.39 Å². The number of halogens is 1. The summed E-state index contributed by atoms with van der Waals surface area (Å²) in [6.45, 7) is 1.87. The van der Waals surface area contributed by atoms with E-state index in [1.54, 1.807) is 18.2 Å². The first-order chi connectivity index (χ1) is 11.6. The molecule has 2 aromatic heterocycles. The van der Waals surface area contributed by atoms with E-state index in [9.17, 15) is 0 Å². The zero-order chi connectivity index (χ0) is 16.8. The minimum atomic E-state index is -0.319. The van der Waals surface area contributed by atoms with E-state index in [0.717, 1.165) is 11.3 Å². The van der Waals surface area contributed by atoms with Gasteiger partial charge in [0, 0.05) is 17.5 Å². The van der Waals surface area contributed by atoms with Crippen molar-refractivity contribution in [2.75, 3.05) is 0 Å². The molecule has 0 aliphatic carbocycles. The minimum absolute atomic E-state index is 0.319. The number of benzene rings is 2. The number of hydrogen-bond acceptors (Lipinski definition) is 2. The number of hydrogen-bond donors (Lipinski definition) is 0. The summed E-state index contributed by atoms with van der Waals surface area (Å²) in [5.74, 6) is -0.319. The second-order valence-corrected chi connectivity index (χ2v) is 5.88. The van der Waals surface area contributed by atoms with Gasteiger partial charge in [0.2, 0.25) is 5.69 Å². The lowest BCUT2D eigenvalue weighted by Gasteiger charge is -2.06. The van der Waals surface area contributed by atoms with Crippen molar-refractivity contribution in [1.29, 1.82) is 5.26 Å². The number of furan rings is 1. The van der Waals surface area contributed by atoms with Crippen LogP contribution in [0.25, 0.3) is 33.2 Å². The van der Waals surface area contributed by atoms with Crippen molar-refractivity contribution < 1.29 is 13.4 Å². The van der Waals surface area contributed by atoms with Crippen LogP contribution in [0.1, 0.15) is 11.1 Å². The van der Waals surface area contributed by atoms with Gasteiger partial charge in [-0.1, -0.05) is 0 Å². The van der Waals surface area contributed by atoms with E-state index in [2.05, 4.69) is 6.07 Å². The van der Waals surface area contributed by atoms with Crippen molar-refractivity contribution >= 4 is 21.9 Å². The summed E-state index contributed by atoms with van der Waals surface area (Å²) in [5.41, 5.74) is 3.71. The Balaban J connectivity index is 2.15. The molecule has 2 heterocycles. The third kappa shape index (κ3) is 1.99. The van der Waals surface area contributed by atoms with Crippen LogP contribution in [0, 0.1) is 24.1 Å². The largest absolute Gasteiger partial charge is 0.456 e. The molecule has 0 spiro atoms. The van der Waals surface area contributed by atoms with Crippen LogP contribution in [-0.2, 0) is 7.05 Å². The lowest BCUT2D eigenvalue weighted by atomic mass is 9.99. The van der Waals surface area contributed by atoms with E-state index < -0.39 is 0 Å². The standard InChI is InChI=1S/C20H14FN2O/c1-12-9-17-19(14-10-13(11-22)6-7-16(14)24-17)20(21)18(12)15-5-3-4-8-23(15)2/h3-10H,1-2H3/q+1. The van der Waals surface area contributed by atoms with Crippen molar-refractivity contribution in [2.24, 2.45) is 7.05 Å². The highest BCUT2D eigenvalue weighted by atomic mass is 19.1. The van der Waals surface area contributed by atoms with Crippen LogP contribution in [-0.4, -0.2) is 0 Å². The summed E-state index contributed by atoms with van der Waals surface area (Å²) in [7, 11) is 1.89. The van der Waals surface area contributed by atoms with Gasteiger partial charge < -0.3 is 4.42 Å². The second kappa shape index (κ2) is 5.17. The second-order valence-electron chi connectivity index (χ2n) is 5.88. The quantitative estimate of drug-likeness (QED) is 0.488. The molecule has 2 aromatic carbocycles. The van der Waals surface area contributed by atoms with Gasteiger partial charge in [0.15, 0.2) is 6.20 Å². The third-order valence-electron chi connectivity index (χ3n) is 4.34. The average molecular weight is 317 g/mol. The van der Waals surface area contributed by atoms with Gasteiger partial charge in [-0.15, -0.1) is 0 Å². The maximum atomic E-state index is 15.4. The molecule has 4 aromatic rings. The molecule has 0 amide bonds. The Labute approximate surface area is 138 Å². The number of nitriles is 1. The number of pyridine rings is 1.